The van der Waals surface area contributed by atoms with Crippen molar-refractivity contribution in [2.75, 3.05) is 18.0 Å². The van der Waals surface area contributed by atoms with Gasteiger partial charge in [0.05, 0.1) is 18.1 Å². The van der Waals surface area contributed by atoms with Gasteiger partial charge in [0.25, 0.3) is 10.2 Å². The number of pyridine rings is 1. The zero-order valence-electron chi connectivity index (χ0n) is 12.7. The van der Waals surface area contributed by atoms with Crippen molar-refractivity contribution in [2.24, 2.45) is 10.6 Å². The van der Waals surface area contributed by atoms with Crippen molar-refractivity contribution >= 4 is 26.8 Å². The molecule has 1 aliphatic heterocycles. The van der Waals surface area contributed by atoms with Gasteiger partial charge in [-0.3, -0.25) is 4.98 Å². The Labute approximate surface area is 134 Å². The van der Waals surface area contributed by atoms with Crippen molar-refractivity contribution in [1.29, 1.82) is 0 Å². The average molecular weight is 334 g/mol. The highest BCUT2D eigenvalue weighted by atomic mass is 32.2. The van der Waals surface area contributed by atoms with Gasteiger partial charge in [-0.15, -0.1) is 5.10 Å². The van der Waals surface area contributed by atoms with Gasteiger partial charge in [0.2, 0.25) is 0 Å². The Balaban J connectivity index is 1.48. The molecular formula is C14H18N6O2S. The summed E-state index contributed by atoms with van der Waals surface area (Å²) in [5.41, 5.74) is 2.99. The van der Waals surface area contributed by atoms with Crippen LogP contribution in [0.25, 0.3) is 10.9 Å². The van der Waals surface area contributed by atoms with E-state index in [-0.39, 0.29) is 11.5 Å². The molecule has 2 aromatic heterocycles. The van der Waals surface area contributed by atoms with E-state index in [1.807, 2.05) is 13.0 Å². The molecule has 0 bridgehead atoms. The van der Waals surface area contributed by atoms with E-state index in [0.29, 0.717) is 0 Å². The average Bonchev–Trinajstić information content (AvgIpc) is 2.38. The number of fused-ring (bicyclic) bond motifs is 1. The zero-order valence-corrected chi connectivity index (χ0v) is 13.5. The van der Waals surface area contributed by atoms with Crippen LogP contribution < -0.4 is 14.8 Å². The first-order valence-electron chi connectivity index (χ1n) is 7.47. The van der Waals surface area contributed by atoms with Crippen LogP contribution in [0.3, 0.4) is 0 Å². The fraction of sp³-hybridized carbons (Fsp3) is 0.500. The van der Waals surface area contributed by atoms with Gasteiger partial charge in [0.15, 0.2) is 0 Å². The molecule has 2 fully saturated rings. The van der Waals surface area contributed by atoms with Crippen LogP contribution in [0.4, 0.5) is 5.69 Å². The summed E-state index contributed by atoms with van der Waals surface area (Å²) in [7, 11) is -3.61. The second kappa shape index (κ2) is 4.83. The summed E-state index contributed by atoms with van der Waals surface area (Å²) >= 11 is 0. The van der Waals surface area contributed by atoms with E-state index < -0.39 is 10.2 Å². The van der Waals surface area contributed by atoms with E-state index in [2.05, 4.69) is 24.8 Å². The van der Waals surface area contributed by atoms with E-state index in [1.54, 1.807) is 12.4 Å². The maximum atomic E-state index is 11.1. The maximum Gasteiger partial charge on any atom is 0.274 e. The van der Waals surface area contributed by atoms with Crippen LogP contribution in [0.5, 0.6) is 0 Å². The molecule has 0 aromatic carbocycles. The summed E-state index contributed by atoms with van der Waals surface area (Å²) in [5.74, 6) is 0. The lowest BCUT2D eigenvalue weighted by atomic mass is 9.61. The van der Waals surface area contributed by atoms with Gasteiger partial charge in [-0.1, -0.05) is 0 Å². The molecule has 9 heteroatoms. The monoisotopic (exact) mass is 334 g/mol. The lowest BCUT2D eigenvalue weighted by Crippen LogP contribution is -2.67. The summed E-state index contributed by atoms with van der Waals surface area (Å²) < 4.78 is 24.6. The molecule has 3 N–H and O–H groups in total. The number of anilines is 1. The first-order chi connectivity index (χ1) is 10.8. The van der Waals surface area contributed by atoms with Gasteiger partial charge in [0.1, 0.15) is 5.52 Å². The molecular weight excluding hydrogens is 316 g/mol. The molecule has 23 heavy (non-hydrogen) atoms. The Morgan fingerprint density at radius 2 is 2.09 bits per heavy atom. The summed E-state index contributed by atoms with van der Waals surface area (Å²) in [5, 5.41) is 14.3. The van der Waals surface area contributed by atoms with Crippen LogP contribution in [0, 0.1) is 12.3 Å². The van der Waals surface area contributed by atoms with Gasteiger partial charge >= 0.3 is 0 Å². The van der Waals surface area contributed by atoms with Crippen LogP contribution >= 0.6 is 0 Å². The van der Waals surface area contributed by atoms with Gasteiger partial charge in [-0.25, -0.2) is 5.14 Å². The van der Waals surface area contributed by atoms with Gasteiger partial charge in [0, 0.05) is 35.6 Å². The fourth-order valence-corrected chi connectivity index (χ4v) is 4.43. The summed E-state index contributed by atoms with van der Waals surface area (Å²) in [6.07, 6.45) is 5.19. The third-order valence-corrected chi connectivity index (χ3v) is 5.39. The first-order valence-corrected chi connectivity index (χ1v) is 9.01. The van der Waals surface area contributed by atoms with Gasteiger partial charge in [-0.05, 0) is 25.8 Å². The number of aromatic nitrogens is 3. The number of nitrogens with zero attached hydrogens (tertiary/aromatic N) is 4. The molecule has 4 rings (SSSR count). The third-order valence-electron chi connectivity index (χ3n) is 4.72. The number of rotatable bonds is 3. The Kier molecular flexibility index (Phi) is 3.09. The van der Waals surface area contributed by atoms with Crippen molar-refractivity contribution in [3.63, 3.8) is 0 Å². The number of hydrogen-bond donors (Lipinski definition) is 2. The van der Waals surface area contributed by atoms with Crippen molar-refractivity contribution < 1.29 is 8.42 Å². The minimum Gasteiger partial charge on any atom is -0.368 e. The second-order valence-corrected chi connectivity index (χ2v) is 8.02. The standard InChI is InChI=1S/C14H18N6O2S/c1-9-2-11-12(5-16-9)18-17-6-13(11)20-7-14(8-20)3-10(4-14)19-23(15,21)22/h2,5-6,10,19H,3-4,7-8H2,1H3,(H2,15,21,22). The second-order valence-electron chi connectivity index (χ2n) is 6.70. The highest BCUT2D eigenvalue weighted by Crippen LogP contribution is 2.50. The lowest BCUT2D eigenvalue weighted by molar-refractivity contribution is 0.0592. The Morgan fingerprint density at radius 1 is 1.35 bits per heavy atom. The van der Waals surface area contributed by atoms with Crippen molar-refractivity contribution in [3.8, 4) is 0 Å². The molecule has 0 unspecified atom stereocenters. The minimum absolute atomic E-state index is 0.0362. The smallest absolute Gasteiger partial charge is 0.274 e. The van der Waals surface area contributed by atoms with E-state index in [4.69, 9.17) is 5.14 Å². The normalized spacial score (nSPS) is 20.5. The largest absolute Gasteiger partial charge is 0.368 e. The number of hydrogen-bond acceptors (Lipinski definition) is 6. The molecule has 2 aliphatic rings. The molecule has 122 valence electrons. The van der Waals surface area contributed by atoms with Crippen LogP contribution in [-0.2, 0) is 10.2 Å². The van der Waals surface area contributed by atoms with Crippen molar-refractivity contribution in [3.05, 3.63) is 24.2 Å². The van der Waals surface area contributed by atoms with Crippen LogP contribution in [0.15, 0.2) is 18.5 Å². The molecule has 8 nitrogen and oxygen atoms in total. The van der Waals surface area contributed by atoms with Crippen LogP contribution in [-0.4, -0.2) is 42.7 Å². The van der Waals surface area contributed by atoms with Gasteiger partial charge in [-0.2, -0.15) is 18.2 Å². The predicted octanol–water partition coefficient (Wildman–Crippen LogP) is 0.0951. The van der Waals surface area contributed by atoms with Crippen molar-refractivity contribution in [2.45, 2.75) is 25.8 Å². The SMILES string of the molecule is Cc1cc2c(N3CC4(CC(NS(N)(=O)=O)C4)C3)cnnc2cn1. The molecule has 0 amide bonds. The Bertz CT molecular complexity index is 870. The van der Waals surface area contributed by atoms with Gasteiger partial charge < -0.3 is 4.90 Å². The van der Waals surface area contributed by atoms with Crippen LogP contribution in [0.2, 0.25) is 0 Å². The highest BCUT2D eigenvalue weighted by molar-refractivity contribution is 7.87. The van der Waals surface area contributed by atoms with E-state index in [0.717, 1.165) is 48.2 Å². The quantitative estimate of drug-likeness (QED) is 0.822. The molecule has 1 saturated carbocycles. The molecule has 1 aliphatic carbocycles. The number of aryl methyl sites for hydroxylation is 1. The predicted molar refractivity (Wildman–Crippen MR) is 86.0 cm³/mol. The third kappa shape index (κ3) is 2.64. The van der Waals surface area contributed by atoms with Crippen LogP contribution in [0.1, 0.15) is 18.5 Å². The lowest BCUT2D eigenvalue weighted by Gasteiger charge is -2.59. The van der Waals surface area contributed by atoms with E-state index in [1.165, 1.54) is 0 Å². The minimum atomic E-state index is -3.61. The summed E-state index contributed by atoms with van der Waals surface area (Å²) in [6.45, 7) is 3.76. The summed E-state index contributed by atoms with van der Waals surface area (Å²) in [4.78, 5) is 6.52. The first kappa shape index (κ1) is 14.7. The van der Waals surface area contributed by atoms with E-state index in [9.17, 15) is 8.42 Å². The highest BCUT2D eigenvalue weighted by Gasteiger charge is 2.53. The molecule has 1 spiro atoms. The topological polar surface area (TPSA) is 114 Å². The Morgan fingerprint density at radius 3 is 2.78 bits per heavy atom. The maximum absolute atomic E-state index is 11.1. The fourth-order valence-electron chi connectivity index (χ4n) is 3.80. The summed E-state index contributed by atoms with van der Waals surface area (Å²) in [6, 6.07) is 1.99. The molecule has 3 heterocycles. The number of nitrogens with one attached hydrogen (secondary N) is 1. The molecule has 1 saturated heterocycles. The molecule has 0 atom stereocenters. The zero-order chi connectivity index (χ0) is 16.2. The molecule has 2 aromatic rings. The van der Waals surface area contributed by atoms with E-state index >= 15 is 0 Å². The molecule has 0 radical (unpaired) electrons. The Hall–Kier alpha value is -1.84. The number of nitrogens with two attached hydrogens (primary N) is 1. The van der Waals surface area contributed by atoms with Crippen molar-refractivity contribution in [1.82, 2.24) is 19.9 Å².